The Morgan fingerprint density at radius 1 is 0.362 bits per heavy atom. The Kier molecular flexibility index (Phi) is 64.2. The van der Waals surface area contributed by atoms with Gasteiger partial charge in [-0.2, -0.15) is 0 Å². The highest BCUT2D eigenvalue weighted by Crippen LogP contribution is 2.51. The van der Waals surface area contributed by atoms with Crippen molar-refractivity contribution in [2.45, 2.75) is 276 Å². The molecule has 9 aliphatic heterocycles. The summed E-state index contributed by atoms with van der Waals surface area (Å²) in [6, 6.07) is -0.781. The highest BCUT2D eigenvalue weighted by atomic mass is 31.2. The van der Waals surface area contributed by atoms with Crippen molar-refractivity contribution >= 4 is 121 Å². The van der Waals surface area contributed by atoms with Crippen LogP contribution < -0.4 is 17.2 Å². The fourth-order valence-corrected chi connectivity index (χ4v) is 22.3. The number of amides is 9. The number of carbonyl (C=O) groups is 9. The molecule has 0 spiro atoms. The maximum Gasteiger partial charge on any atom is 0.354 e. The van der Waals surface area contributed by atoms with Crippen LogP contribution in [0.3, 0.4) is 0 Å². The summed E-state index contributed by atoms with van der Waals surface area (Å²) in [6.45, 7) is 30.1. The number of hydrogen-bond donors (Lipinski definition) is 22. The van der Waals surface area contributed by atoms with E-state index >= 15 is 0 Å². The van der Waals surface area contributed by atoms with E-state index < -0.39 is 120 Å². The second kappa shape index (κ2) is 66.8. The standard InChI is InChI=1S/2C10H21N2O4P.C10H20NO6P.C10H20NO4P.C9H19N2O4P.C9H18NO6P.3C8H16NO6P/c1-17(14,15)8-5-9(3-2-6-11)12-10(13)4-7-16-12;1-17(14,15)9(3-2-6-11)4-7-12-10(13)5-8-16-12;1-7(8(12)18(14,15)16)4-5-11-9(13)10(2,3)6-17-11;1-7(9(3)16(4,13)14)8(2)11-10(12)5-6-15-11;1-16(13,14)7-4-8(2-5-10)11-9(12)3-6-15-11;1-6(9(12)17(13,14)15)3-4-10-8(11)7(2)5-16-10;1-6(8(11)16(12,13)14)2-4-9-7(10)3-5-15-9;1-6(4-8(11)16(12,13)14)5-9-7(10)2-3-15-9;1-6(9-7(10)4-5-15-9)2-3-8(11)16(12,13)14/h2*9H,2-8,11H2,1H3,(H,14,15);7-8,12H,4-6H2,1-3H3,(H2,14,15,16);7-9H,5-6H2,1-4H3,(H,13,14);8H,2-7,10H2,1H3,(H,13,14);6-7,9,12H,3-5H2,1-2H3,(H2,13,14,15);3*6,8,11H,2-5H2,1H3,(H2,12,13,14). The largest absolute Gasteiger partial charge is 0.380 e. The third-order valence-corrected chi connectivity index (χ3v) is 36.3. The van der Waals surface area contributed by atoms with Crippen LogP contribution >= 0.6 is 67.5 Å². The second-order valence-electron chi connectivity index (χ2n) is 38.9. The van der Waals surface area contributed by atoms with Crippen molar-refractivity contribution in [3.05, 3.63) is 0 Å². The third-order valence-electron chi connectivity index (χ3n) is 24.7. The van der Waals surface area contributed by atoms with Crippen molar-refractivity contribution in [1.29, 1.82) is 0 Å². The average molecular weight is 2340 g/mol. The Morgan fingerprint density at radius 2 is 0.711 bits per heavy atom. The zero-order valence-electron chi connectivity index (χ0n) is 87.4. The molecule has 0 aromatic rings. The van der Waals surface area contributed by atoms with E-state index in [1.165, 1.54) is 93.0 Å². The van der Waals surface area contributed by atoms with Crippen molar-refractivity contribution < 1.29 is 222 Å². The maximum absolute atomic E-state index is 11.8. The van der Waals surface area contributed by atoms with Gasteiger partial charge in [0.25, 0.3) is 11.8 Å². The number of nitrogens with two attached hydrogens (primary N) is 3. The van der Waals surface area contributed by atoms with Gasteiger partial charge in [-0.05, 0) is 167 Å². The van der Waals surface area contributed by atoms with E-state index in [1.54, 1.807) is 41.5 Å². The van der Waals surface area contributed by atoms with Gasteiger partial charge in [0, 0.05) is 76.5 Å². The van der Waals surface area contributed by atoms with Crippen molar-refractivity contribution in [3.8, 4) is 0 Å². The first-order chi connectivity index (χ1) is 68.3. The average Bonchev–Trinajstić information content (AvgIpc) is 1.69. The van der Waals surface area contributed by atoms with Crippen molar-refractivity contribution in [2.75, 3.05) is 151 Å². The SMILES string of the molecule is CC(C(C)N1OCCC1=O)C(C)P(C)(=O)O.CC(CC(O)P(=O)(O)O)CN1OCCC1=O.CC(CCC(O)P(=O)(O)O)N1OCCC1=O.CC(CCN1OCC(C)(C)C1=O)C(O)P(=O)(O)O.CC(CCN1OCCC1=O)C(O)P(=O)(O)O.CC1CON(CCC(C)C(O)P(=O)(O)O)C1=O.CP(=O)(O)C(CCCN)CCN1OCCC1=O.CP(=O)(O)CCC(CCCN)N1OCCC1=O.CP(=O)(O)CCC(CCN)N1OCCC1=O. The zero-order valence-corrected chi connectivity index (χ0v) is 95.5. The summed E-state index contributed by atoms with van der Waals surface area (Å²) in [5, 5.41) is 57.6. The van der Waals surface area contributed by atoms with Crippen LogP contribution in [0.15, 0.2) is 0 Å². The fourth-order valence-electron chi connectivity index (χ4n) is 14.8. The lowest BCUT2D eigenvalue weighted by Gasteiger charge is -2.32. The minimum Gasteiger partial charge on any atom is -0.380 e. The molecule has 0 radical (unpaired) electrons. The van der Waals surface area contributed by atoms with Gasteiger partial charge >= 0.3 is 38.0 Å². The van der Waals surface area contributed by atoms with E-state index in [2.05, 4.69) is 0 Å². The molecule has 0 bridgehead atoms. The summed E-state index contributed by atoms with van der Waals surface area (Å²) in [6.07, 6.45) is 8.70. The van der Waals surface area contributed by atoms with Gasteiger partial charge in [0.05, 0.1) is 146 Å². The number of hydroxylamine groups is 18. The Hall–Kier alpha value is -3.94. The Balaban J connectivity index is 0.000000838. The number of nitrogens with zero attached hydrogens (tertiary/aromatic N) is 9. The van der Waals surface area contributed by atoms with Crippen LogP contribution in [0.2, 0.25) is 0 Å². The summed E-state index contributed by atoms with van der Waals surface area (Å²) >= 11 is 0. The van der Waals surface area contributed by atoms with Gasteiger partial charge in [0.15, 0.2) is 44.0 Å². The Labute approximate surface area is 868 Å². The lowest BCUT2D eigenvalue weighted by Crippen LogP contribution is -2.41. The monoisotopic (exact) mass is 2330 g/mol. The van der Waals surface area contributed by atoms with E-state index in [0.29, 0.717) is 169 Å². The lowest BCUT2D eigenvalue weighted by molar-refractivity contribution is -0.177. The normalized spacial score (nSPS) is 22.7. The molecule has 9 saturated heterocycles. The van der Waals surface area contributed by atoms with E-state index in [4.69, 9.17) is 115 Å². The number of aliphatic hydroxyl groups excluding tert-OH is 5. The molecule has 9 amide bonds. The lowest BCUT2D eigenvalue weighted by atomic mass is 9.95. The molecule has 876 valence electrons. The minimum atomic E-state index is -4.50. The number of rotatable bonds is 49. The predicted molar refractivity (Wildman–Crippen MR) is 535 cm³/mol. The molecule has 0 aromatic heterocycles. The molecule has 21 atom stereocenters. The van der Waals surface area contributed by atoms with E-state index in [0.717, 1.165) is 12.8 Å². The van der Waals surface area contributed by atoms with E-state index in [1.807, 2.05) is 13.8 Å². The van der Waals surface area contributed by atoms with Crippen LogP contribution in [0.1, 0.15) is 211 Å². The van der Waals surface area contributed by atoms with Gasteiger partial charge in [-0.3, -0.25) is 128 Å². The molecule has 149 heavy (non-hydrogen) atoms. The van der Waals surface area contributed by atoms with Gasteiger partial charge in [-0.25, -0.2) is 45.6 Å². The van der Waals surface area contributed by atoms with Crippen molar-refractivity contribution in [2.24, 2.45) is 58.1 Å². The second-order valence-corrected chi connectivity index (χ2v) is 58.0. The predicted octanol–water partition coefficient (Wildman–Crippen LogP) is 2.11. The first kappa shape index (κ1) is 143. The van der Waals surface area contributed by atoms with Crippen molar-refractivity contribution in [1.82, 2.24) is 45.6 Å². The maximum atomic E-state index is 11.8. The van der Waals surface area contributed by atoms with Crippen LogP contribution in [0.4, 0.5) is 0 Å². The number of carbonyl (C=O) groups excluding carboxylic acids is 9. The zero-order chi connectivity index (χ0) is 115. The van der Waals surface area contributed by atoms with Crippen LogP contribution in [0.5, 0.6) is 0 Å². The molecule has 9 heterocycles. The minimum absolute atomic E-state index is 0.0455. The quantitative estimate of drug-likeness (QED) is 0.0388. The summed E-state index contributed by atoms with van der Waals surface area (Å²) < 4.78 is 99.5. The van der Waals surface area contributed by atoms with Gasteiger partial charge in [-0.1, -0.05) is 48.5 Å². The molecular weight excluding hydrogens is 2170 g/mol. The summed E-state index contributed by atoms with van der Waals surface area (Å²) in [5.41, 5.74) is 15.1. The van der Waals surface area contributed by atoms with Gasteiger partial charge in [0.1, 0.15) is 0 Å². The van der Waals surface area contributed by atoms with E-state index in [-0.39, 0.29) is 183 Å². The summed E-state index contributed by atoms with van der Waals surface area (Å²) in [5.74, 6) is -11.7. The molecule has 67 heteroatoms. The first-order valence-corrected chi connectivity index (χ1v) is 66.1. The number of hydrogen-bond acceptors (Lipinski definition) is 35. The van der Waals surface area contributed by atoms with Crippen LogP contribution in [-0.4, -0.2) is 408 Å². The molecule has 9 aliphatic rings. The van der Waals surface area contributed by atoms with Crippen LogP contribution in [-0.2, 0) is 128 Å². The molecular formula is C82H167N12O46P9. The summed E-state index contributed by atoms with van der Waals surface area (Å²) in [4.78, 5) is 274. The third kappa shape index (κ3) is 55.4. The van der Waals surface area contributed by atoms with Gasteiger partial charge in [0.2, 0.25) is 56.1 Å². The molecule has 21 unspecified atom stereocenters. The first-order valence-electron chi connectivity index (χ1n) is 48.7. The highest BCUT2D eigenvalue weighted by molar-refractivity contribution is 7.58. The highest BCUT2D eigenvalue weighted by Gasteiger charge is 2.45. The smallest absolute Gasteiger partial charge is 0.354 e. The summed E-state index contributed by atoms with van der Waals surface area (Å²) in [7, 11) is -34.7. The topological polar surface area (TPSA) is 882 Å². The molecule has 25 N–H and O–H groups in total. The molecule has 0 aromatic carbocycles. The fraction of sp³-hybridized carbons (Fsp3) is 0.890. The molecule has 0 saturated carbocycles. The molecule has 0 aliphatic carbocycles. The molecule has 9 rings (SSSR count). The molecule has 9 fully saturated rings. The van der Waals surface area contributed by atoms with Crippen LogP contribution in [0.25, 0.3) is 0 Å². The van der Waals surface area contributed by atoms with E-state index in [9.17, 15) is 124 Å². The Bertz CT molecular complexity index is 4530. The van der Waals surface area contributed by atoms with Gasteiger partial charge in [-0.15, -0.1) is 0 Å². The molecule has 58 nitrogen and oxygen atoms in total. The van der Waals surface area contributed by atoms with Gasteiger partial charge < -0.3 is 111 Å². The van der Waals surface area contributed by atoms with Crippen molar-refractivity contribution in [3.63, 3.8) is 0 Å². The Morgan fingerprint density at radius 3 is 1.03 bits per heavy atom. The number of aliphatic hydroxyl groups is 5. The van der Waals surface area contributed by atoms with Crippen LogP contribution in [0, 0.1) is 40.9 Å².